The van der Waals surface area contributed by atoms with Gasteiger partial charge in [-0.3, -0.25) is 4.79 Å². The smallest absolute Gasteiger partial charge is 0.258 e. The highest BCUT2D eigenvalue weighted by Gasteiger charge is 2.31. The van der Waals surface area contributed by atoms with Crippen molar-refractivity contribution in [3.8, 4) is 11.5 Å². The fraction of sp³-hybridized carbons (Fsp3) is 0.278. The summed E-state index contributed by atoms with van der Waals surface area (Å²) in [5.41, 5.74) is 1.36. The van der Waals surface area contributed by atoms with Crippen LogP contribution in [0.25, 0.3) is 0 Å². The van der Waals surface area contributed by atoms with Gasteiger partial charge in [0.25, 0.3) is 5.91 Å². The van der Waals surface area contributed by atoms with Gasteiger partial charge in [0.2, 0.25) is 0 Å². The number of likely N-dealkylation sites (tertiary alicyclic amines) is 1. The van der Waals surface area contributed by atoms with Crippen LogP contribution in [0, 0.1) is 0 Å². The van der Waals surface area contributed by atoms with Gasteiger partial charge < -0.3 is 14.7 Å². The summed E-state index contributed by atoms with van der Waals surface area (Å²) in [4.78, 5) is 14.6. The van der Waals surface area contributed by atoms with Gasteiger partial charge in [0.15, 0.2) is 0 Å². The van der Waals surface area contributed by atoms with Crippen molar-refractivity contribution in [1.29, 1.82) is 0 Å². The minimum absolute atomic E-state index is 0.0151. The Bertz CT molecular complexity index is 715. The van der Waals surface area contributed by atoms with E-state index in [1.54, 1.807) is 12.1 Å². The van der Waals surface area contributed by atoms with Crippen LogP contribution in [-0.2, 0) is 0 Å². The number of nitrogens with zero attached hydrogens (tertiary/aromatic N) is 1. The fourth-order valence-electron chi connectivity index (χ4n) is 3.02. The molecule has 0 aromatic heterocycles. The van der Waals surface area contributed by atoms with Gasteiger partial charge in [-0.25, -0.2) is 0 Å². The summed E-state index contributed by atoms with van der Waals surface area (Å²) in [6, 6.07) is 12.3. The Morgan fingerprint density at radius 1 is 1.26 bits per heavy atom. The zero-order chi connectivity index (χ0) is 16.4. The molecule has 23 heavy (non-hydrogen) atoms. The van der Waals surface area contributed by atoms with E-state index in [2.05, 4.69) is 0 Å². The molecule has 1 aliphatic heterocycles. The molecular formula is C18H18ClNO3. The van der Waals surface area contributed by atoms with Crippen LogP contribution in [-0.4, -0.2) is 29.6 Å². The zero-order valence-corrected chi connectivity index (χ0v) is 13.6. The first kappa shape index (κ1) is 15.7. The van der Waals surface area contributed by atoms with Gasteiger partial charge in [-0.15, -0.1) is 0 Å². The van der Waals surface area contributed by atoms with Gasteiger partial charge in [0.1, 0.15) is 11.5 Å². The Morgan fingerprint density at radius 3 is 2.65 bits per heavy atom. The van der Waals surface area contributed by atoms with Crippen LogP contribution in [0.5, 0.6) is 11.5 Å². The van der Waals surface area contributed by atoms with Crippen molar-refractivity contribution < 1.29 is 14.6 Å². The molecular weight excluding hydrogens is 314 g/mol. The minimum Gasteiger partial charge on any atom is -0.507 e. The molecule has 0 radical (unpaired) electrons. The molecule has 1 amide bonds. The number of aromatic hydroxyl groups is 1. The maximum Gasteiger partial charge on any atom is 0.258 e. The van der Waals surface area contributed by atoms with Crippen molar-refractivity contribution >= 4 is 17.5 Å². The molecule has 1 unspecified atom stereocenters. The first-order valence-electron chi connectivity index (χ1n) is 7.53. The second kappa shape index (κ2) is 6.50. The van der Waals surface area contributed by atoms with Crippen LogP contribution >= 0.6 is 11.6 Å². The summed E-state index contributed by atoms with van der Waals surface area (Å²) < 4.78 is 5.06. The van der Waals surface area contributed by atoms with Crippen molar-refractivity contribution in [3.63, 3.8) is 0 Å². The maximum atomic E-state index is 12.8. The Balaban J connectivity index is 1.87. The second-order valence-electron chi connectivity index (χ2n) is 5.59. The number of rotatable bonds is 3. The van der Waals surface area contributed by atoms with E-state index < -0.39 is 0 Å². The van der Waals surface area contributed by atoms with Crippen LogP contribution in [0.15, 0.2) is 42.5 Å². The highest BCUT2D eigenvalue weighted by Crippen LogP contribution is 2.35. The standard InChI is InChI=1S/C18H18ClNO3/c1-23-14-8-9-15(17(21)11-14)18(22)20-10-2-3-16(20)12-4-6-13(19)7-5-12/h4-9,11,16,21H,2-3,10H2,1H3. The first-order chi connectivity index (χ1) is 11.1. The number of carbonyl (C=O) groups is 1. The molecule has 1 heterocycles. The number of ether oxygens (including phenoxy) is 1. The largest absolute Gasteiger partial charge is 0.507 e. The van der Waals surface area contributed by atoms with Gasteiger partial charge >= 0.3 is 0 Å². The van der Waals surface area contributed by atoms with Crippen LogP contribution in [0.3, 0.4) is 0 Å². The Labute approximate surface area is 140 Å². The monoisotopic (exact) mass is 331 g/mol. The van der Waals surface area contributed by atoms with E-state index in [-0.39, 0.29) is 17.7 Å². The Hall–Kier alpha value is -2.20. The van der Waals surface area contributed by atoms with Gasteiger partial charge in [-0.2, -0.15) is 0 Å². The van der Waals surface area contributed by atoms with Crippen LogP contribution < -0.4 is 4.74 Å². The molecule has 3 rings (SSSR count). The summed E-state index contributed by atoms with van der Waals surface area (Å²) in [5, 5.41) is 10.8. The predicted molar refractivity (Wildman–Crippen MR) is 89.1 cm³/mol. The van der Waals surface area contributed by atoms with Gasteiger partial charge in [0, 0.05) is 17.6 Å². The minimum atomic E-state index is -0.164. The summed E-state index contributed by atoms with van der Waals surface area (Å²) in [6.45, 7) is 0.678. The fourth-order valence-corrected chi connectivity index (χ4v) is 3.14. The molecule has 1 atom stereocenters. The molecule has 1 saturated heterocycles. The number of phenols is 1. The lowest BCUT2D eigenvalue weighted by molar-refractivity contribution is 0.0732. The molecule has 2 aromatic rings. The lowest BCUT2D eigenvalue weighted by atomic mass is 10.0. The van der Waals surface area contributed by atoms with Crippen LogP contribution in [0.4, 0.5) is 0 Å². The molecule has 0 saturated carbocycles. The van der Waals surface area contributed by atoms with Crippen molar-refractivity contribution in [3.05, 3.63) is 58.6 Å². The molecule has 4 nitrogen and oxygen atoms in total. The van der Waals surface area contributed by atoms with Crippen LogP contribution in [0.2, 0.25) is 5.02 Å². The SMILES string of the molecule is COc1ccc(C(=O)N2CCCC2c2ccc(Cl)cc2)c(O)c1. The van der Waals surface area contributed by atoms with Gasteiger partial charge in [-0.05, 0) is 42.7 Å². The van der Waals surface area contributed by atoms with E-state index in [0.717, 1.165) is 18.4 Å². The number of amides is 1. The van der Waals surface area contributed by atoms with E-state index in [0.29, 0.717) is 22.9 Å². The lowest BCUT2D eigenvalue weighted by Gasteiger charge is -2.25. The van der Waals surface area contributed by atoms with Crippen molar-refractivity contribution in [2.45, 2.75) is 18.9 Å². The number of hydrogen-bond donors (Lipinski definition) is 1. The number of methoxy groups -OCH3 is 1. The summed E-state index contributed by atoms with van der Waals surface area (Å²) in [7, 11) is 1.52. The summed E-state index contributed by atoms with van der Waals surface area (Å²) in [5.74, 6) is 0.299. The third kappa shape index (κ3) is 3.13. The number of phenolic OH excluding ortho intramolecular Hbond substituents is 1. The quantitative estimate of drug-likeness (QED) is 0.923. The van der Waals surface area contributed by atoms with Gasteiger partial charge in [-0.1, -0.05) is 23.7 Å². The molecule has 2 aromatic carbocycles. The van der Waals surface area contributed by atoms with E-state index >= 15 is 0 Å². The molecule has 5 heteroatoms. The van der Waals surface area contributed by atoms with Crippen molar-refractivity contribution in [2.75, 3.05) is 13.7 Å². The number of benzene rings is 2. The van der Waals surface area contributed by atoms with E-state index in [9.17, 15) is 9.90 Å². The van der Waals surface area contributed by atoms with Crippen molar-refractivity contribution in [2.24, 2.45) is 0 Å². The van der Waals surface area contributed by atoms with E-state index in [4.69, 9.17) is 16.3 Å². The molecule has 120 valence electrons. The van der Waals surface area contributed by atoms with Crippen molar-refractivity contribution in [1.82, 2.24) is 4.90 Å². The third-order valence-electron chi connectivity index (χ3n) is 4.20. The topological polar surface area (TPSA) is 49.8 Å². The summed E-state index contributed by atoms with van der Waals surface area (Å²) >= 11 is 5.94. The lowest BCUT2D eigenvalue weighted by Crippen LogP contribution is -2.30. The highest BCUT2D eigenvalue weighted by atomic mass is 35.5. The molecule has 0 spiro atoms. The van der Waals surface area contributed by atoms with E-state index in [1.807, 2.05) is 29.2 Å². The number of carbonyl (C=O) groups excluding carboxylic acids is 1. The average Bonchev–Trinajstić information content (AvgIpc) is 3.04. The summed E-state index contributed by atoms with van der Waals surface area (Å²) in [6.07, 6.45) is 1.85. The number of hydrogen-bond acceptors (Lipinski definition) is 3. The van der Waals surface area contributed by atoms with Crippen LogP contribution in [0.1, 0.15) is 34.8 Å². The number of halogens is 1. The average molecular weight is 332 g/mol. The third-order valence-corrected chi connectivity index (χ3v) is 4.46. The predicted octanol–water partition coefficient (Wildman–Crippen LogP) is 4.03. The molecule has 1 aliphatic rings. The normalized spacial score (nSPS) is 17.3. The molecule has 1 N–H and O–H groups in total. The second-order valence-corrected chi connectivity index (χ2v) is 6.03. The van der Waals surface area contributed by atoms with E-state index in [1.165, 1.54) is 13.2 Å². The Kier molecular flexibility index (Phi) is 4.44. The van der Waals surface area contributed by atoms with Gasteiger partial charge in [0.05, 0.1) is 18.7 Å². The maximum absolute atomic E-state index is 12.8. The highest BCUT2D eigenvalue weighted by molar-refractivity contribution is 6.30. The molecule has 0 bridgehead atoms. The zero-order valence-electron chi connectivity index (χ0n) is 12.8. The first-order valence-corrected chi connectivity index (χ1v) is 7.91. The Morgan fingerprint density at radius 2 is 2.00 bits per heavy atom. The molecule has 0 aliphatic carbocycles. The molecule has 1 fully saturated rings.